The largest absolute Gasteiger partial charge is 0.396 e. The quantitative estimate of drug-likeness (QED) is 0.189. The van der Waals surface area contributed by atoms with Gasteiger partial charge in [-0.15, -0.1) is 22.7 Å². The van der Waals surface area contributed by atoms with Crippen LogP contribution in [0.2, 0.25) is 0 Å². The highest BCUT2D eigenvalue weighted by Gasteiger charge is 2.19. The summed E-state index contributed by atoms with van der Waals surface area (Å²) in [6.45, 7) is 9.10. The van der Waals surface area contributed by atoms with Crippen LogP contribution in [-0.4, -0.2) is 49.2 Å². The van der Waals surface area contributed by atoms with Crippen molar-refractivity contribution in [3.8, 4) is 0 Å². The third kappa shape index (κ3) is 8.07. The minimum absolute atomic E-state index is 0.0798. The van der Waals surface area contributed by atoms with Gasteiger partial charge >= 0.3 is 0 Å². The fourth-order valence-electron chi connectivity index (χ4n) is 3.86. The lowest BCUT2D eigenvalue weighted by atomic mass is 10.1. The number of aliphatic hydroxyl groups excluding tert-OH is 2. The van der Waals surface area contributed by atoms with Gasteiger partial charge in [-0.3, -0.25) is 0 Å². The Kier molecular flexibility index (Phi) is 11.3. The van der Waals surface area contributed by atoms with Crippen molar-refractivity contribution in [2.75, 3.05) is 27.4 Å². The van der Waals surface area contributed by atoms with Gasteiger partial charge in [0.2, 0.25) is 0 Å². The monoisotopic (exact) mass is 560 g/mol. The van der Waals surface area contributed by atoms with Crippen LogP contribution in [0.3, 0.4) is 0 Å². The molecule has 4 rings (SSSR count). The molecule has 2 N–H and O–H groups in total. The number of benzene rings is 2. The number of ether oxygens (including phenoxy) is 4. The van der Waals surface area contributed by atoms with Gasteiger partial charge in [-0.2, -0.15) is 0 Å². The van der Waals surface area contributed by atoms with Crippen LogP contribution in [0.5, 0.6) is 0 Å². The van der Waals surface area contributed by atoms with Crippen LogP contribution in [0, 0.1) is 0 Å². The van der Waals surface area contributed by atoms with E-state index in [1.54, 1.807) is 36.9 Å². The summed E-state index contributed by atoms with van der Waals surface area (Å²) in [5.41, 5.74) is 4.63. The van der Waals surface area contributed by atoms with Gasteiger partial charge < -0.3 is 29.2 Å². The summed E-state index contributed by atoms with van der Waals surface area (Å²) in [5.74, 6) is -1.13. The van der Waals surface area contributed by atoms with Gasteiger partial charge in [-0.25, -0.2) is 0 Å². The smallest absolute Gasteiger partial charge is 0.162 e. The molecule has 0 saturated heterocycles. The minimum atomic E-state index is -0.582. The van der Waals surface area contributed by atoms with Crippen LogP contribution in [0.15, 0.2) is 47.2 Å². The van der Waals surface area contributed by atoms with Crippen molar-refractivity contribution in [2.24, 2.45) is 0 Å². The molecule has 2 aromatic heterocycles. The summed E-state index contributed by atoms with van der Waals surface area (Å²) in [5, 5.41) is 24.7. The van der Waals surface area contributed by atoms with Gasteiger partial charge in [0, 0.05) is 30.2 Å². The Morgan fingerprint density at radius 2 is 1.21 bits per heavy atom. The molecule has 0 aliphatic heterocycles. The molecular formula is C30H40O6S2. The maximum atomic E-state index is 9.13. The number of hydrogen-bond acceptors (Lipinski definition) is 8. The maximum absolute atomic E-state index is 9.13. The molecular weight excluding hydrogens is 520 g/mol. The standard InChI is InChI=1S/C19H28O4S.C11H12O2S/c1-18(2,20-5)22-11-10-15-13-24-17-14(8-7-9-16(15)17)12-23-19(3,4)21-6;12-5-4-9-7-14-11-8(6-13)2-1-3-10(9)11/h7-9,13H,10-12H2,1-6H3;1-3,7,12-13H,4-6H2. The molecule has 0 fully saturated rings. The summed E-state index contributed by atoms with van der Waals surface area (Å²) in [6, 6.07) is 12.3. The zero-order valence-electron chi connectivity index (χ0n) is 23.2. The van der Waals surface area contributed by atoms with Crippen molar-refractivity contribution in [3.63, 3.8) is 0 Å². The van der Waals surface area contributed by atoms with Crippen LogP contribution < -0.4 is 0 Å². The van der Waals surface area contributed by atoms with Crippen molar-refractivity contribution < 1.29 is 29.2 Å². The maximum Gasteiger partial charge on any atom is 0.162 e. The normalized spacial score (nSPS) is 12.2. The van der Waals surface area contributed by atoms with E-state index >= 15 is 0 Å². The Morgan fingerprint density at radius 1 is 0.684 bits per heavy atom. The van der Waals surface area contributed by atoms with Gasteiger partial charge in [0.1, 0.15) is 0 Å². The van der Waals surface area contributed by atoms with E-state index in [-0.39, 0.29) is 13.2 Å². The molecule has 0 atom stereocenters. The first-order valence-corrected chi connectivity index (χ1v) is 14.5. The third-order valence-corrected chi connectivity index (χ3v) is 8.69. The Hall–Kier alpha value is -1.88. The van der Waals surface area contributed by atoms with E-state index in [0.717, 1.165) is 22.1 Å². The van der Waals surface area contributed by atoms with E-state index in [1.165, 1.54) is 26.8 Å². The highest BCUT2D eigenvalue weighted by molar-refractivity contribution is 7.17. The summed E-state index contributed by atoms with van der Waals surface area (Å²) >= 11 is 3.39. The van der Waals surface area contributed by atoms with Crippen LogP contribution >= 0.6 is 22.7 Å². The molecule has 0 aliphatic carbocycles. The van der Waals surface area contributed by atoms with Crippen molar-refractivity contribution in [1.29, 1.82) is 0 Å². The highest BCUT2D eigenvalue weighted by atomic mass is 32.1. The molecule has 0 unspecified atom stereocenters. The Morgan fingerprint density at radius 3 is 1.76 bits per heavy atom. The lowest BCUT2D eigenvalue weighted by Crippen LogP contribution is -2.27. The number of thiophene rings is 2. The second-order valence-corrected chi connectivity index (χ2v) is 11.6. The number of fused-ring (bicyclic) bond motifs is 2. The summed E-state index contributed by atoms with van der Waals surface area (Å²) in [6.07, 6.45) is 1.55. The van der Waals surface area contributed by atoms with Crippen molar-refractivity contribution in [1.82, 2.24) is 0 Å². The van der Waals surface area contributed by atoms with Crippen molar-refractivity contribution in [3.05, 3.63) is 69.4 Å². The van der Waals surface area contributed by atoms with Crippen LogP contribution in [0.25, 0.3) is 20.2 Å². The average Bonchev–Trinajstić information content (AvgIpc) is 3.53. The predicted molar refractivity (Wildman–Crippen MR) is 157 cm³/mol. The SMILES string of the molecule is COC(C)(C)OCCc1csc2c(COC(C)(C)OC)cccc12.OCCc1csc2c(CO)cccc12. The Balaban J connectivity index is 0.000000241. The molecule has 0 saturated carbocycles. The highest BCUT2D eigenvalue weighted by Crippen LogP contribution is 2.31. The lowest BCUT2D eigenvalue weighted by molar-refractivity contribution is -0.204. The van der Waals surface area contributed by atoms with E-state index in [2.05, 4.69) is 29.0 Å². The van der Waals surface area contributed by atoms with Crippen LogP contribution in [-0.2, 0) is 45.0 Å². The second-order valence-electron chi connectivity index (χ2n) is 9.84. The lowest BCUT2D eigenvalue weighted by Gasteiger charge is -2.23. The third-order valence-electron chi connectivity index (χ3n) is 6.45. The van der Waals surface area contributed by atoms with E-state index < -0.39 is 11.6 Å². The molecule has 208 valence electrons. The fourth-order valence-corrected chi connectivity index (χ4v) is 6.09. The number of hydrogen-bond donors (Lipinski definition) is 2. The first-order valence-electron chi connectivity index (χ1n) is 12.7. The number of aliphatic hydroxyl groups is 2. The number of methoxy groups -OCH3 is 2. The average molecular weight is 561 g/mol. The molecule has 0 bridgehead atoms. The molecule has 38 heavy (non-hydrogen) atoms. The summed E-state index contributed by atoms with van der Waals surface area (Å²) in [4.78, 5) is 0. The first-order chi connectivity index (χ1) is 18.1. The van der Waals surface area contributed by atoms with Gasteiger partial charge in [-0.05, 0) is 84.3 Å². The molecule has 2 aromatic carbocycles. The van der Waals surface area contributed by atoms with Gasteiger partial charge in [-0.1, -0.05) is 36.4 Å². The zero-order chi connectivity index (χ0) is 27.8. The first kappa shape index (κ1) is 30.7. The topological polar surface area (TPSA) is 77.4 Å². The second kappa shape index (κ2) is 14.0. The summed E-state index contributed by atoms with van der Waals surface area (Å²) < 4.78 is 24.7. The van der Waals surface area contributed by atoms with Crippen LogP contribution in [0.1, 0.15) is 49.9 Å². The van der Waals surface area contributed by atoms with E-state index in [4.69, 9.17) is 29.2 Å². The Labute approximate surface area is 233 Å². The van der Waals surface area contributed by atoms with Crippen molar-refractivity contribution in [2.45, 2.75) is 65.3 Å². The van der Waals surface area contributed by atoms with Crippen molar-refractivity contribution >= 4 is 42.8 Å². The molecule has 0 spiro atoms. The summed E-state index contributed by atoms with van der Waals surface area (Å²) in [7, 11) is 3.32. The molecule has 0 amide bonds. The van der Waals surface area contributed by atoms with E-state index in [1.807, 2.05) is 45.9 Å². The zero-order valence-corrected chi connectivity index (χ0v) is 24.8. The predicted octanol–water partition coefficient (Wildman–Crippen LogP) is 6.67. The van der Waals surface area contributed by atoms with Gasteiger partial charge in [0.15, 0.2) is 11.6 Å². The number of rotatable bonds is 12. The van der Waals surface area contributed by atoms with Crippen LogP contribution in [0.4, 0.5) is 0 Å². The molecule has 6 nitrogen and oxygen atoms in total. The molecule has 4 aromatic rings. The fraction of sp³-hybridized carbons (Fsp3) is 0.467. The molecule has 0 aliphatic rings. The minimum Gasteiger partial charge on any atom is -0.396 e. The molecule has 2 heterocycles. The molecule has 8 heteroatoms. The van der Waals surface area contributed by atoms with Gasteiger partial charge in [0.25, 0.3) is 0 Å². The Bertz CT molecular complexity index is 1290. The van der Waals surface area contributed by atoms with Gasteiger partial charge in [0.05, 0.1) is 19.8 Å². The molecule has 0 radical (unpaired) electrons. The van der Waals surface area contributed by atoms with E-state index in [0.29, 0.717) is 19.6 Å². The van der Waals surface area contributed by atoms with E-state index in [9.17, 15) is 0 Å².